The molecule has 9 aromatic carbocycles. The minimum absolute atomic E-state index is 0.122. The molecule has 125 heavy (non-hydrogen) atoms. The van der Waals surface area contributed by atoms with Crippen LogP contribution in [-0.2, 0) is 14.4 Å². The molecule has 3 amide bonds. The van der Waals surface area contributed by atoms with E-state index in [9.17, 15) is 28.8 Å². The van der Waals surface area contributed by atoms with Crippen molar-refractivity contribution in [3.05, 3.63) is 323 Å². The van der Waals surface area contributed by atoms with Gasteiger partial charge in [-0.15, -0.1) is 0 Å². The number of para-hydroxylation sites is 3. The molecule has 0 atom stereocenters. The topological polar surface area (TPSA) is 335 Å². The highest BCUT2D eigenvalue weighted by Crippen LogP contribution is 2.33. The highest BCUT2D eigenvalue weighted by atomic mass is 16.5. The van der Waals surface area contributed by atoms with E-state index in [-0.39, 0.29) is 52.2 Å². The van der Waals surface area contributed by atoms with Crippen molar-refractivity contribution in [3.63, 3.8) is 0 Å². The number of ether oxygens (including phenoxy) is 3. The highest BCUT2D eigenvalue weighted by Gasteiger charge is 2.28. The van der Waals surface area contributed by atoms with E-state index in [1.54, 1.807) is 200 Å². The summed E-state index contributed by atoms with van der Waals surface area (Å²) < 4.78 is 26.6. The lowest BCUT2D eigenvalue weighted by Gasteiger charge is -2.33. The Balaban J connectivity index is 0.000000145. The van der Waals surface area contributed by atoms with Crippen LogP contribution >= 0.6 is 0 Å². The Morgan fingerprint density at radius 3 is 0.832 bits per heavy atom. The van der Waals surface area contributed by atoms with Crippen LogP contribution in [0.2, 0.25) is 0 Å². The number of benzene rings is 9. The molecule has 0 aliphatic heterocycles. The molecular formula is C95H93N21O9. The summed E-state index contributed by atoms with van der Waals surface area (Å²) in [6.45, 7) is 2.15. The van der Waals surface area contributed by atoms with Gasteiger partial charge in [0.1, 0.15) is 70.0 Å². The van der Waals surface area contributed by atoms with E-state index < -0.39 is 0 Å². The number of aromatic nitrogens is 12. The van der Waals surface area contributed by atoms with Crippen molar-refractivity contribution < 1.29 is 28.6 Å². The Bertz CT molecular complexity index is 6630. The molecule has 6 heterocycles. The molecule has 30 heteroatoms. The van der Waals surface area contributed by atoms with Gasteiger partial charge in [0.05, 0.1) is 34.1 Å². The zero-order valence-corrected chi connectivity index (χ0v) is 70.0. The van der Waals surface area contributed by atoms with Crippen LogP contribution in [0, 0.1) is 0 Å². The number of fused-ring (bicyclic) bond motifs is 3. The maximum atomic E-state index is 13.9. The lowest BCUT2D eigenvalue weighted by Crippen LogP contribution is -2.37. The van der Waals surface area contributed by atoms with Crippen LogP contribution in [0.5, 0.6) is 34.5 Å². The van der Waals surface area contributed by atoms with Crippen LogP contribution in [0.3, 0.4) is 0 Å². The predicted molar refractivity (Wildman–Crippen MR) is 488 cm³/mol. The Labute approximate surface area is 719 Å². The molecule has 0 radical (unpaired) electrons. The SMILES string of the molecule is CN(C(=O)/C=C/CN(C)C1CC1)c1ccc(-n2c(=O)n(-c3ccc(Oc4ccccc4)cc3)c3c(N)ncnc32)cc1.CN(C(=O)/C=C/CN(C)C1CCC1)c1ccc(-n2c(=O)n(-c3ccc(Oc4ccccc4)cc3)c3c(N)ncnc32)cc1.CN(C)C/C=C/C(=O)N(C)c1ccc(-n2c(=O)n(-c3ccc(Oc4ccccc4)cc3)c3c(N)ncnc32)cc1. The van der Waals surface area contributed by atoms with E-state index in [0.29, 0.717) is 138 Å². The minimum Gasteiger partial charge on any atom is -0.457 e. The first kappa shape index (κ1) is 84.4. The summed E-state index contributed by atoms with van der Waals surface area (Å²) in [5, 5.41) is 0. The molecule has 0 spiro atoms. The van der Waals surface area contributed by atoms with Crippen LogP contribution in [0.4, 0.5) is 34.5 Å². The number of rotatable bonds is 26. The van der Waals surface area contributed by atoms with E-state index in [4.69, 9.17) is 31.4 Å². The van der Waals surface area contributed by atoms with Gasteiger partial charge in [0.2, 0.25) is 17.7 Å². The molecule has 0 saturated heterocycles. The fraction of sp³-hybridized carbons (Fsp3) is 0.179. The molecule has 2 fully saturated rings. The van der Waals surface area contributed by atoms with Gasteiger partial charge < -0.3 is 51.0 Å². The normalized spacial score (nSPS) is 12.7. The fourth-order valence-electron chi connectivity index (χ4n) is 14.3. The third kappa shape index (κ3) is 19.1. The van der Waals surface area contributed by atoms with Crippen molar-refractivity contribution in [1.29, 1.82) is 0 Å². The Kier molecular flexibility index (Phi) is 25.6. The number of nitrogen functional groups attached to an aromatic ring is 3. The quantitative estimate of drug-likeness (QED) is 0.0424. The standard InChI is InChI=1S/C33H33N7O3.C32H31N7O3.C30H29N7O3/c1-37(23-8-6-9-23)21-7-12-29(41)38(2)24-13-15-26(16-14-24)40-32-30(31(34)35-22-36-32)39(33(40)42)25-17-19-28(20-18-25)43-27-10-4-3-5-11-27;1-36(22-10-11-22)20-6-9-28(40)37(2)23-12-14-25(15-13-23)39-31-29(30(33)34-21-35-31)38(32(39)41)24-16-18-27(19-17-24)42-26-7-4-3-5-8-26;1-34(2)19-7-10-26(38)35(3)21-11-13-23(14-12-21)37-29-27(28(31)32-20-33-29)36(30(37)39)22-15-17-25(18-16-22)40-24-8-5-4-6-9-24/h3-5,7,10-20,22-23H,6,8-9,21H2,1-2H3,(H2,34,35,36);3-9,12-19,21-22H,10-11,20H2,1-2H3,(H2,33,34,35);4-18,20H,19H2,1-3H3,(H2,31,32,33)/b12-7+;9-6+;10-7+. The second kappa shape index (κ2) is 38.0. The summed E-state index contributed by atoms with van der Waals surface area (Å²) in [5.41, 5.74) is 25.6. The number of hydrogen-bond donors (Lipinski definition) is 3. The molecule has 632 valence electrons. The van der Waals surface area contributed by atoms with Crippen molar-refractivity contribution in [1.82, 2.24) is 72.0 Å². The number of hydrogen-bond acceptors (Lipinski definition) is 21. The summed E-state index contributed by atoms with van der Waals surface area (Å²) in [6.07, 6.45) is 20.5. The lowest BCUT2D eigenvalue weighted by molar-refractivity contribution is -0.114. The van der Waals surface area contributed by atoms with Crippen LogP contribution in [0.25, 0.3) is 67.6 Å². The molecule has 2 aliphatic carbocycles. The maximum Gasteiger partial charge on any atom is 0.339 e. The summed E-state index contributed by atoms with van der Waals surface area (Å²) in [4.78, 5) is 116. The van der Waals surface area contributed by atoms with Crippen LogP contribution in [-0.4, -0.2) is 171 Å². The number of anilines is 6. The van der Waals surface area contributed by atoms with Gasteiger partial charge in [0.15, 0.2) is 34.4 Å². The molecule has 6 aromatic heterocycles. The highest BCUT2D eigenvalue weighted by molar-refractivity contribution is 6.02. The zero-order chi connectivity index (χ0) is 87.4. The van der Waals surface area contributed by atoms with Crippen molar-refractivity contribution in [2.24, 2.45) is 0 Å². The number of nitrogens with two attached hydrogens (primary N) is 3. The van der Waals surface area contributed by atoms with Gasteiger partial charge in [0.25, 0.3) is 0 Å². The molecular weight excluding hydrogens is 1580 g/mol. The Morgan fingerprint density at radius 1 is 0.328 bits per heavy atom. The van der Waals surface area contributed by atoms with Crippen molar-refractivity contribution in [2.45, 2.75) is 44.2 Å². The van der Waals surface area contributed by atoms with Gasteiger partial charge in [-0.25, -0.2) is 58.0 Å². The number of amides is 3. The summed E-state index contributed by atoms with van der Waals surface area (Å²) in [6, 6.07) is 72.5. The summed E-state index contributed by atoms with van der Waals surface area (Å²) >= 11 is 0. The number of likely N-dealkylation sites (N-methyl/N-ethyl adjacent to an activating group) is 6. The van der Waals surface area contributed by atoms with Gasteiger partial charge in [-0.1, -0.05) is 79.2 Å². The fourth-order valence-corrected chi connectivity index (χ4v) is 14.3. The average molecular weight is 1670 g/mol. The van der Waals surface area contributed by atoms with E-state index in [2.05, 4.69) is 53.8 Å². The predicted octanol–water partition coefficient (Wildman–Crippen LogP) is 13.5. The second-order valence-corrected chi connectivity index (χ2v) is 30.3. The minimum atomic E-state index is -0.359. The number of carbonyl (C=O) groups excluding carboxylic acids is 3. The molecule has 2 saturated carbocycles. The largest absolute Gasteiger partial charge is 0.457 e. The van der Waals surface area contributed by atoms with E-state index >= 15 is 0 Å². The first-order chi connectivity index (χ1) is 60.6. The Morgan fingerprint density at radius 2 is 0.576 bits per heavy atom. The van der Waals surface area contributed by atoms with E-state index in [1.165, 1.54) is 78.5 Å². The van der Waals surface area contributed by atoms with Gasteiger partial charge in [-0.3, -0.25) is 37.9 Å². The third-order valence-electron chi connectivity index (χ3n) is 21.6. The third-order valence-corrected chi connectivity index (χ3v) is 21.6. The van der Waals surface area contributed by atoms with Crippen LogP contribution in [0.15, 0.2) is 306 Å². The Hall–Kier alpha value is -15.7. The van der Waals surface area contributed by atoms with Crippen LogP contribution < -0.4 is 63.2 Å². The summed E-state index contributed by atoms with van der Waals surface area (Å²) in [7, 11) is 13.2. The monoisotopic (exact) mass is 1670 g/mol. The molecule has 17 rings (SSSR count). The first-order valence-electron chi connectivity index (χ1n) is 40.6. The summed E-state index contributed by atoms with van der Waals surface area (Å²) in [5.74, 6) is 4.17. The second-order valence-electron chi connectivity index (χ2n) is 30.3. The van der Waals surface area contributed by atoms with Crippen molar-refractivity contribution >= 4 is 85.7 Å². The molecule has 30 nitrogen and oxygen atoms in total. The molecule has 0 bridgehead atoms. The van der Waals surface area contributed by atoms with Gasteiger partial charge in [-0.05, 0) is 236 Å². The average Bonchev–Trinajstić information content (AvgIpc) is 1.60. The molecule has 2 aliphatic rings. The van der Waals surface area contributed by atoms with Crippen molar-refractivity contribution in [2.75, 3.05) is 101 Å². The molecule has 6 N–H and O–H groups in total. The zero-order valence-electron chi connectivity index (χ0n) is 70.0. The van der Waals surface area contributed by atoms with Gasteiger partial charge in [0, 0.05) is 88.2 Å². The van der Waals surface area contributed by atoms with Crippen molar-refractivity contribution in [3.8, 4) is 68.6 Å². The molecule has 0 unspecified atom stereocenters. The number of carbonyl (C=O) groups is 3. The first-order valence-corrected chi connectivity index (χ1v) is 40.6. The van der Waals surface area contributed by atoms with Crippen LogP contribution in [0.1, 0.15) is 32.1 Å². The smallest absolute Gasteiger partial charge is 0.339 e. The van der Waals surface area contributed by atoms with Gasteiger partial charge in [-0.2, -0.15) is 0 Å². The van der Waals surface area contributed by atoms with Gasteiger partial charge >= 0.3 is 17.1 Å². The van der Waals surface area contributed by atoms with E-state index in [0.717, 1.165) is 13.1 Å². The number of nitrogens with zero attached hydrogens (tertiary/aromatic N) is 18. The van der Waals surface area contributed by atoms with E-state index in [1.807, 2.05) is 128 Å². The lowest BCUT2D eigenvalue weighted by atomic mass is 9.92. The number of imidazole rings is 3. The molecule has 15 aromatic rings. The maximum absolute atomic E-state index is 13.9.